The number of piperidine rings is 1. The number of anilines is 1. The summed E-state index contributed by atoms with van der Waals surface area (Å²) >= 11 is 0. The van der Waals surface area contributed by atoms with Gasteiger partial charge in [-0.15, -0.1) is 0 Å². The Morgan fingerprint density at radius 3 is 2.20 bits per heavy atom. The second-order valence-corrected chi connectivity index (χ2v) is 7.75. The van der Waals surface area contributed by atoms with Crippen LogP contribution in [-0.4, -0.2) is 37.5 Å². The van der Waals surface area contributed by atoms with Crippen LogP contribution in [-0.2, 0) is 16.0 Å². The molecule has 1 atom stereocenters. The van der Waals surface area contributed by atoms with E-state index in [4.69, 9.17) is 4.74 Å². The fourth-order valence-corrected chi connectivity index (χ4v) is 3.92. The number of Topliss-reactive ketones (excluding diaryl/α,β-unsaturated/α-hetero) is 3. The van der Waals surface area contributed by atoms with Gasteiger partial charge in [-0.05, 0) is 52.0 Å². The summed E-state index contributed by atoms with van der Waals surface area (Å²) in [5.41, 5.74) is 2.55. The number of nitrogens with zero attached hydrogens (tertiary/aromatic N) is 1. The van der Waals surface area contributed by atoms with Crippen LogP contribution in [0.2, 0.25) is 0 Å². The van der Waals surface area contributed by atoms with Gasteiger partial charge in [0.05, 0.1) is 7.11 Å². The SMILES string of the molecule is CC.CCc1c(OC)cc(N2CCCCC2)cc1C(=O)CC(CCC(C)=O)C(C)=O. The van der Waals surface area contributed by atoms with Crippen LogP contribution in [0, 0.1) is 5.92 Å². The van der Waals surface area contributed by atoms with E-state index in [1.807, 2.05) is 32.9 Å². The van der Waals surface area contributed by atoms with Gasteiger partial charge in [0.2, 0.25) is 0 Å². The van der Waals surface area contributed by atoms with Crippen LogP contribution < -0.4 is 9.64 Å². The second-order valence-electron chi connectivity index (χ2n) is 7.75. The van der Waals surface area contributed by atoms with Crippen LogP contribution in [0.4, 0.5) is 5.69 Å². The van der Waals surface area contributed by atoms with Gasteiger partial charge in [0, 0.05) is 54.7 Å². The van der Waals surface area contributed by atoms with Gasteiger partial charge in [-0.25, -0.2) is 0 Å². The van der Waals surface area contributed by atoms with E-state index in [1.165, 1.54) is 20.3 Å². The molecule has 1 unspecified atom stereocenters. The van der Waals surface area contributed by atoms with Crippen molar-refractivity contribution >= 4 is 23.0 Å². The average molecular weight is 418 g/mol. The molecule has 5 nitrogen and oxygen atoms in total. The molecule has 0 amide bonds. The van der Waals surface area contributed by atoms with Gasteiger partial charge in [-0.2, -0.15) is 0 Å². The largest absolute Gasteiger partial charge is 0.496 e. The van der Waals surface area contributed by atoms with E-state index in [0.717, 1.165) is 42.9 Å². The molecule has 30 heavy (non-hydrogen) atoms. The fourth-order valence-electron chi connectivity index (χ4n) is 3.92. The predicted molar refractivity (Wildman–Crippen MR) is 123 cm³/mol. The van der Waals surface area contributed by atoms with Crippen molar-refractivity contribution < 1.29 is 19.1 Å². The summed E-state index contributed by atoms with van der Waals surface area (Å²) in [6, 6.07) is 4.00. The lowest BCUT2D eigenvalue weighted by atomic mass is 9.88. The molecular weight excluding hydrogens is 378 g/mol. The van der Waals surface area contributed by atoms with Gasteiger partial charge >= 0.3 is 0 Å². The molecular formula is C25H39NO4. The molecule has 0 bridgehead atoms. The summed E-state index contributed by atoms with van der Waals surface area (Å²) in [6.45, 7) is 11.0. The maximum Gasteiger partial charge on any atom is 0.164 e. The van der Waals surface area contributed by atoms with Crippen molar-refractivity contribution in [1.29, 1.82) is 0 Å². The molecule has 2 rings (SSSR count). The molecule has 0 saturated carbocycles. The van der Waals surface area contributed by atoms with Gasteiger partial charge in [0.25, 0.3) is 0 Å². The van der Waals surface area contributed by atoms with Crippen LogP contribution in [0.3, 0.4) is 0 Å². The van der Waals surface area contributed by atoms with E-state index in [2.05, 4.69) is 4.90 Å². The number of carbonyl (C=O) groups excluding carboxylic acids is 3. The Balaban J connectivity index is 0.00000218. The smallest absolute Gasteiger partial charge is 0.164 e. The van der Waals surface area contributed by atoms with Crippen LogP contribution in [0.15, 0.2) is 12.1 Å². The summed E-state index contributed by atoms with van der Waals surface area (Å²) in [5, 5.41) is 0. The van der Waals surface area contributed by atoms with Gasteiger partial charge < -0.3 is 14.4 Å². The van der Waals surface area contributed by atoms with Crippen LogP contribution >= 0.6 is 0 Å². The van der Waals surface area contributed by atoms with Crippen molar-refractivity contribution in [1.82, 2.24) is 0 Å². The maximum atomic E-state index is 13.2. The Kier molecular flexibility index (Phi) is 11.4. The highest BCUT2D eigenvalue weighted by atomic mass is 16.5. The number of rotatable bonds is 10. The second kappa shape index (κ2) is 13.2. The molecule has 1 aliphatic rings. The highest BCUT2D eigenvalue weighted by molar-refractivity contribution is 6.01. The van der Waals surface area contributed by atoms with Crippen LogP contribution in [0.25, 0.3) is 0 Å². The number of hydrogen-bond donors (Lipinski definition) is 0. The molecule has 0 aliphatic carbocycles. The van der Waals surface area contributed by atoms with Gasteiger partial charge in [0.15, 0.2) is 5.78 Å². The highest BCUT2D eigenvalue weighted by Crippen LogP contribution is 2.33. The third-order valence-electron chi connectivity index (χ3n) is 5.64. The number of hydrogen-bond acceptors (Lipinski definition) is 5. The maximum absolute atomic E-state index is 13.2. The minimum absolute atomic E-state index is 0.0354. The summed E-state index contributed by atoms with van der Waals surface area (Å²) in [7, 11) is 1.63. The Labute approximate surface area is 182 Å². The van der Waals surface area contributed by atoms with Crippen molar-refractivity contribution in [2.45, 2.75) is 79.6 Å². The van der Waals surface area contributed by atoms with Crippen molar-refractivity contribution in [3.8, 4) is 5.75 Å². The molecule has 1 aliphatic heterocycles. The van der Waals surface area contributed by atoms with Gasteiger partial charge in [-0.1, -0.05) is 20.8 Å². The Morgan fingerprint density at radius 1 is 1.07 bits per heavy atom. The molecule has 0 aromatic heterocycles. The summed E-state index contributed by atoms with van der Waals surface area (Å²) in [6.07, 6.45) is 5.13. The highest BCUT2D eigenvalue weighted by Gasteiger charge is 2.24. The Hall–Kier alpha value is -2.17. The molecule has 5 heteroatoms. The van der Waals surface area contributed by atoms with Crippen LogP contribution in [0.1, 0.15) is 89.1 Å². The lowest BCUT2D eigenvalue weighted by Crippen LogP contribution is -2.29. The third-order valence-corrected chi connectivity index (χ3v) is 5.64. The zero-order valence-corrected chi connectivity index (χ0v) is 19.7. The Bertz CT molecular complexity index is 720. The molecule has 0 spiro atoms. The minimum atomic E-state index is -0.411. The summed E-state index contributed by atoms with van der Waals surface area (Å²) < 4.78 is 5.60. The van der Waals surface area contributed by atoms with E-state index >= 15 is 0 Å². The summed E-state index contributed by atoms with van der Waals surface area (Å²) in [5.74, 6) is 0.286. The number of carbonyl (C=O) groups is 3. The first-order valence-corrected chi connectivity index (χ1v) is 11.4. The normalized spacial score (nSPS) is 14.4. The molecule has 168 valence electrons. The monoisotopic (exact) mass is 417 g/mol. The quantitative estimate of drug-likeness (QED) is 0.476. The van der Waals surface area contributed by atoms with Gasteiger partial charge in [0.1, 0.15) is 17.3 Å². The number of ether oxygens (including phenoxy) is 1. The van der Waals surface area contributed by atoms with Crippen molar-refractivity contribution in [2.75, 3.05) is 25.1 Å². The Morgan fingerprint density at radius 2 is 1.70 bits per heavy atom. The lowest BCUT2D eigenvalue weighted by molar-refractivity contribution is -0.121. The number of methoxy groups -OCH3 is 1. The van der Waals surface area contributed by atoms with E-state index in [0.29, 0.717) is 24.8 Å². The van der Waals surface area contributed by atoms with Crippen LogP contribution in [0.5, 0.6) is 5.75 Å². The van der Waals surface area contributed by atoms with Gasteiger partial charge in [-0.3, -0.25) is 9.59 Å². The van der Waals surface area contributed by atoms with Crippen molar-refractivity contribution in [3.63, 3.8) is 0 Å². The van der Waals surface area contributed by atoms with E-state index in [-0.39, 0.29) is 23.8 Å². The first kappa shape index (κ1) is 25.9. The topological polar surface area (TPSA) is 63.7 Å². The zero-order chi connectivity index (χ0) is 22.7. The first-order chi connectivity index (χ1) is 14.4. The predicted octanol–water partition coefficient (Wildman–Crippen LogP) is 5.42. The molecule has 1 heterocycles. The molecule has 1 saturated heterocycles. The molecule has 1 aromatic carbocycles. The van der Waals surface area contributed by atoms with E-state index < -0.39 is 5.92 Å². The van der Waals surface area contributed by atoms with E-state index in [1.54, 1.807) is 7.11 Å². The zero-order valence-electron chi connectivity index (χ0n) is 19.7. The summed E-state index contributed by atoms with van der Waals surface area (Å²) in [4.78, 5) is 38.8. The standard InChI is InChI=1S/C23H33NO4.C2H6/c1-5-20-21(22(27)13-18(17(3)26)10-9-16(2)25)14-19(15-23(20)28-4)24-11-7-6-8-12-24;1-2/h14-15,18H,5-13H2,1-4H3;1-2H3. The van der Waals surface area contributed by atoms with Crippen molar-refractivity contribution in [2.24, 2.45) is 5.92 Å². The first-order valence-electron chi connectivity index (χ1n) is 11.4. The lowest BCUT2D eigenvalue weighted by Gasteiger charge is -2.30. The average Bonchev–Trinajstić information content (AvgIpc) is 2.76. The minimum Gasteiger partial charge on any atom is -0.496 e. The van der Waals surface area contributed by atoms with Crippen molar-refractivity contribution in [3.05, 3.63) is 23.3 Å². The fraction of sp³-hybridized carbons (Fsp3) is 0.640. The molecule has 1 fully saturated rings. The molecule has 0 radical (unpaired) electrons. The third kappa shape index (κ3) is 7.26. The molecule has 0 N–H and O–H groups in total. The number of benzene rings is 1. The molecule has 1 aromatic rings. The van der Waals surface area contributed by atoms with E-state index in [9.17, 15) is 14.4 Å². The number of ketones is 3.